The fourth-order valence-electron chi connectivity index (χ4n) is 3.78. The van der Waals surface area contributed by atoms with Gasteiger partial charge in [-0.05, 0) is 36.8 Å². The number of carbonyl (C=O) groups is 3. The maximum Gasteiger partial charge on any atom is 0.336 e. The van der Waals surface area contributed by atoms with Crippen LogP contribution in [0.4, 0.5) is 10.5 Å². The van der Waals surface area contributed by atoms with Crippen molar-refractivity contribution in [3.63, 3.8) is 0 Å². The molecule has 190 valence electrons. The summed E-state index contributed by atoms with van der Waals surface area (Å²) in [4.78, 5) is 39.8. The number of hydrogen-bond donors (Lipinski definition) is 1. The number of halogens is 2. The number of hydrogen-bond acceptors (Lipinski definition) is 6. The highest BCUT2D eigenvalue weighted by molar-refractivity contribution is 9.10. The number of aryl methyl sites for hydroxylation is 1. The summed E-state index contributed by atoms with van der Waals surface area (Å²) in [5, 5.41) is 2.43. The Balaban J connectivity index is 1.73. The number of imide groups is 2. The second-order valence-electron chi connectivity index (χ2n) is 8.08. The average molecular weight is 586 g/mol. The minimum Gasteiger partial charge on any atom is -0.495 e. The van der Waals surface area contributed by atoms with Gasteiger partial charge in [0, 0.05) is 22.2 Å². The van der Waals surface area contributed by atoms with Crippen molar-refractivity contribution in [2.24, 2.45) is 0 Å². The molecule has 4 amide bonds. The van der Waals surface area contributed by atoms with Gasteiger partial charge in [-0.1, -0.05) is 57.4 Å². The molecule has 3 aromatic carbocycles. The maximum atomic E-state index is 13.5. The van der Waals surface area contributed by atoms with Gasteiger partial charge in [0.1, 0.15) is 29.4 Å². The van der Waals surface area contributed by atoms with Crippen LogP contribution in [0.25, 0.3) is 6.08 Å². The van der Waals surface area contributed by atoms with Crippen LogP contribution >= 0.6 is 27.5 Å². The maximum absolute atomic E-state index is 13.5. The van der Waals surface area contributed by atoms with E-state index >= 15 is 0 Å². The molecule has 3 aromatic rings. The first-order valence-corrected chi connectivity index (χ1v) is 12.2. The predicted octanol–water partition coefficient (Wildman–Crippen LogP) is 5.67. The molecule has 0 aromatic heterocycles. The summed E-state index contributed by atoms with van der Waals surface area (Å²) in [6.45, 7) is 2.27. The largest absolute Gasteiger partial charge is 0.495 e. The van der Waals surface area contributed by atoms with E-state index in [4.69, 9.17) is 25.8 Å². The fourth-order valence-corrected chi connectivity index (χ4v) is 4.39. The Labute approximate surface area is 226 Å². The van der Waals surface area contributed by atoms with E-state index in [-0.39, 0.29) is 34.4 Å². The zero-order valence-electron chi connectivity index (χ0n) is 20.1. The Kier molecular flexibility index (Phi) is 7.85. The van der Waals surface area contributed by atoms with Gasteiger partial charge in [0.05, 0.1) is 24.9 Å². The van der Waals surface area contributed by atoms with E-state index in [1.807, 2.05) is 31.2 Å². The number of urea groups is 1. The number of benzene rings is 3. The fraction of sp³-hybridized carbons (Fsp3) is 0.148. The highest BCUT2D eigenvalue weighted by Crippen LogP contribution is 2.39. The molecule has 0 bridgehead atoms. The van der Waals surface area contributed by atoms with Crippen LogP contribution in [0.5, 0.6) is 17.2 Å². The molecular weight excluding hydrogens is 564 g/mol. The number of rotatable bonds is 7. The molecule has 8 nitrogen and oxygen atoms in total. The molecule has 1 aliphatic rings. The first kappa shape index (κ1) is 26.2. The van der Waals surface area contributed by atoms with Gasteiger partial charge in [-0.3, -0.25) is 14.9 Å². The number of amides is 4. The lowest BCUT2D eigenvalue weighted by Crippen LogP contribution is -2.54. The van der Waals surface area contributed by atoms with Gasteiger partial charge in [0.2, 0.25) is 0 Å². The third-order valence-electron chi connectivity index (χ3n) is 5.54. The summed E-state index contributed by atoms with van der Waals surface area (Å²) in [7, 11) is 2.77. The van der Waals surface area contributed by atoms with Crippen molar-refractivity contribution in [1.29, 1.82) is 0 Å². The lowest BCUT2D eigenvalue weighted by atomic mass is 10.1. The lowest BCUT2D eigenvalue weighted by Gasteiger charge is -2.28. The number of carbonyl (C=O) groups excluding carboxylic acids is 3. The van der Waals surface area contributed by atoms with Gasteiger partial charge in [-0.25, -0.2) is 9.69 Å². The van der Waals surface area contributed by atoms with Crippen molar-refractivity contribution >= 4 is 57.1 Å². The van der Waals surface area contributed by atoms with Gasteiger partial charge in [-0.15, -0.1) is 0 Å². The van der Waals surface area contributed by atoms with Crippen molar-refractivity contribution in [2.75, 3.05) is 19.1 Å². The highest BCUT2D eigenvalue weighted by Gasteiger charge is 2.38. The molecule has 37 heavy (non-hydrogen) atoms. The minimum atomic E-state index is -0.931. The van der Waals surface area contributed by atoms with Crippen molar-refractivity contribution in [2.45, 2.75) is 13.5 Å². The Morgan fingerprint density at radius 1 is 0.973 bits per heavy atom. The van der Waals surface area contributed by atoms with Gasteiger partial charge in [0.25, 0.3) is 11.8 Å². The van der Waals surface area contributed by atoms with Crippen LogP contribution in [-0.2, 0) is 16.2 Å². The molecule has 0 spiro atoms. The van der Waals surface area contributed by atoms with E-state index in [0.29, 0.717) is 15.8 Å². The second-order valence-corrected chi connectivity index (χ2v) is 9.40. The SMILES string of the molecule is COc1cc(N2C(=O)NC(=O)/C(=C\c3cc(Br)ccc3OCc3cccc(C)c3)C2=O)c(OC)cc1Cl. The molecular formula is C27H22BrClN2O6. The molecule has 1 saturated heterocycles. The van der Waals surface area contributed by atoms with Crippen molar-refractivity contribution in [1.82, 2.24) is 5.32 Å². The smallest absolute Gasteiger partial charge is 0.336 e. The van der Waals surface area contributed by atoms with Crippen LogP contribution < -0.4 is 24.4 Å². The predicted molar refractivity (Wildman–Crippen MR) is 143 cm³/mol. The highest BCUT2D eigenvalue weighted by atomic mass is 79.9. The van der Waals surface area contributed by atoms with Gasteiger partial charge >= 0.3 is 6.03 Å². The van der Waals surface area contributed by atoms with Gasteiger partial charge < -0.3 is 14.2 Å². The summed E-state index contributed by atoms with van der Waals surface area (Å²) in [6.07, 6.45) is 1.38. The zero-order valence-corrected chi connectivity index (χ0v) is 22.5. The van der Waals surface area contributed by atoms with E-state index < -0.39 is 17.8 Å². The van der Waals surface area contributed by atoms with Crippen LogP contribution in [0.15, 0.2) is 64.6 Å². The van der Waals surface area contributed by atoms with Gasteiger partial charge in [0.15, 0.2) is 0 Å². The zero-order chi connectivity index (χ0) is 26.7. The Morgan fingerprint density at radius 2 is 1.73 bits per heavy atom. The molecule has 1 heterocycles. The topological polar surface area (TPSA) is 94.2 Å². The van der Waals surface area contributed by atoms with E-state index in [1.165, 1.54) is 32.4 Å². The normalized spacial score (nSPS) is 14.6. The van der Waals surface area contributed by atoms with Crippen molar-refractivity contribution in [3.05, 3.63) is 86.4 Å². The molecule has 0 radical (unpaired) electrons. The number of nitrogens with zero attached hydrogens (tertiary/aromatic N) is 1. The van der Waals surface area contributed by atoms with Crippen molar-refractivity contribution in [3.8, 4) is 17.2 Å². The van der Waals surface area contributed by atoms with Crippen LogP contribution in [0.3, 0.4) is 0 Å². The molecule has 0 atom stereocenters. The van der Waals surface area contributed by atoms with E-state index in [9.17, 15) is 14.4 Å². The van der Waals surface area contributed by atoms with Crippen molar-refractivity contribution < 1.29 is 28.6 Å². The molecule has 4 rings (SSSR count). The molecule has 1 fully saturated rings. The number of barbiturate groups is 1. The second kappa shape index (κ2) is 11.1. The third kappa shape index (κ3) is 5.63. The molecule has 0 unspecified atom stereocenters. The summed E-state index contributed by atoms with van der Waals surface area (Å²) in [5.74, 6) is -0.865. The Hall–Kier alpha value is -3.82. The summed E-state index contributed by atoms with van der Waals surface area (Å²) >= 11 is 9.59. The molecule has 0 aliphatic carbocycles. The molecule has 10 heteroatoms. The number of nitrogens with one attached hydrogen (secondary N) is 1. The lowest BCUT2D eigenvalue weighted by molar-refractivity contribution is -0.122. The van der Waals surface area contributed by atoms with Crippen LogP contribution in [0.1, 0.15) is 16.7 Å². The number of anilines is 1. The van der Waals surface area contributed by atoms with Crippen LogP contribution in [0.2, 0.25) is 5.02 Å². The van der Waals surface area contributed by atoms with E-state index in [2.05, 4.69) is 21.2 Å². The molecule has 1 aliphatic heterocycles. The standard InChI is InChI=1S/C27H22BrClN2O6/c1-15-5-4-6-16(9-15)14-37-22-8-7-18(28)10-17(22)11-19-25(32)30-27(34)31(26(19)33)21-13-23(35-2)20(29)12-24(21)36-3/h4-13H,14H2,1-3H3,(H,30,32,34)/b19-11+. The first-order valence-electron chi connectivity index (χ1n) is 11.0. The van der Waals surface area contributed by atoms with E-state index in [0.717, 1.165) is 16.0 Å². The first-order chi connectivity index (χ1) is 17.7. The summed E-state index contributed by atoms with van der Waals surface area (Å²) in [6, 6.07) is 15.0. The molecule has 1 N–H and O–H groups in total. The Bertz CT molecular complexity index is 1440. The third-order valence-corrected chi connectivity index (χ3v) is 6.33. The Morgan fingerprint density at radius 3 is 2.43 bits per heavy atom. The average Bonchev–Trinajstić information content (AvgIpc) is 2.86. The number of ether oxygens (including phenoxy) is 3. The van der Waals surface area contributed by atoms with Gasteiger partial charge in [-0.2, -0.15) is 0 Å². The quantitative estimate of drug-likeness (QED) is 0.284. The summed E-state index contributed by atoms with van der Waals surface area (Å²) in [5.41, 5.74) is 2.33. The van der Waals surface area contributed by atoms with E-state index in [1.54, 1.807) is 18.2 Å². The van der Waals surface area contributed by atoms with Crippen LogP contribution in [0, 0.1) is 6.92 Å². The minimum absolute atomic E-state index is 0.0646. The molecule has 0 saturated carbocycles. The summed E-state index contributed by atoms with van der Waals surface area (Å²) < 4.78 is 17.3. The van der Waals surface area contributed by atoms with Crippen LogP contribution in [-0.4, -0.2) is 32.1 Å². The number of methoxy groups -OCH3 is 2. The monoisotopic (exact) mass is 584 g/mol.